The fourth-order valence-corrected chi connectivity index (χ4v) is 3.41. The molecule has 1 aliphatic heterocycles. The van der Waals surface area contributed by atoms with Gasteiger partial charge in [0, 0.05) is 48.9 Å². The molecular formula is C23H28ClN3O4. The number of benzene rings is 2. The van der Waals surface area contributed by atoms with Crippen LogP contribution in [0.2, 0.25) is 5.02 Å². The Kier molecular flexibility index (Phi) is 8.70. The molecule has 0 aromatic heterocycles. The van der Waals surface area contributed by atoms with Gasteiger partial charge in [-0.05, 0) is 36.8 Å². The summed E-state index contributed by atoms with van der Waals surface area (Å²) in [6, 6.07) is 12.5. The van der Waals surface area contributed by atoms with Crippen molar-refractivity contribution >= 4 is 23.4 Å². The Morgan fingerprint density at radius 2 is 1.94 bits per heavy atom. The number of aryl methyl sites for hydroxylation is 1. The molecule has 0 radical (unpaired) electrons. The number of rotatable bonds is 9. The summed E-state index contributed by atoms with van der Waals surface area (Å²) in [5.74, 6) is 0.174. The van der Waals surface area contributed by atoms with Gasteiger partial charge >= 0.3 is 0 Å². The highest BCUT2D eigenvalue weighted by Crippen LogP contribution is 2.20. The van der Waals surface area contributed by atoms with Crippen molar-refractivity contribution in [2.75, 3.05) is 46.0 Å². The van der Waals surface area contributed by atoms with Gasteiger partial charge < -0.3 is 20.1 Å². The van der Waals surface area contributed by atoms with Crippen LogP contribution in [0.25, 0.3) is 0 Å². The van der Waals surface area contributed by atoms with Crippen molar-refractivity contribution in [1.29, 1.82) is 0 Å². The lowest BCUT2D eigenvalue weighted by Crippen LogP contribution is -2.42. The number of nitrogens with one attached hydrogen (secondary N) is 2. The molecule has 1 fully saturated rings. The van der Waals surface area contributed by atoms with Crippen molar-refractivity contribution in [3.8, 4) is 5.75 Å². The zero-order valence-electron chi connectivity index (χ0n) is 17.7. The van der Waals surface area contributed by atoms with E-state index in [0.29, 0.717) is 22.9 Å². The highest BCUT2D eigenvalue weighted by atomic mass is 35.5. The number of ether oxygens (including phenoxy) is 2. The Bertz CT molecular complexity index is 900. The average molecular weight is 446 g/mol. The third-order valence-corrected chi connectivity index (χ3v) is 5.20. The smallest absolute Gasteiger partial charge is 0.257 e. The fraction of sp³-hybridized carbons (Fsp3) is 0.391. The number of morpholine rings is 1. The van der Waals surface area contributed by atoms with E-state index in [1.165, 1.54) is 0 Å². The highest BCUT2D eigenvalue weighted by molar-refractivity contribution is 6.30. The number of hydrogen-bond donors (Lipinski definition) is 2. The van der Waals surface area contributed by atoms with Crippen LogP contribution in [0.15, 0.2) is 42.5 Å². The summed E-state index contributed by atoms with van der Waals surface area (Å²) in [5, 5.41) is 6.26. The molecule has 0 spiro atoms. The average Bonchev–Trinajstić information content (AvgIpc) is 2.77. The van der Waals surface area contributed by atoms with Gasteiger partial charge in [0.25, 0.3) is 11.8 Å². The van der Waals surface area contributed by atoms with E-state index in [0.717, 1.165) is 44.0 Å². The van der Waals surface area contributed by atoms with Crippen LogP contribution in [-0.4, -0.2) is 62.7 Å². The summed E-state index contributed by atoms with van der Waals surface area (Å²) in [6.45, 7) is 6.76. The van der Waals surface area contributed by atoms with Gasteiger partial charge in [0.1, 0.15) is 5.75 Å². The molecule has 1 saturated heterocycles. The van der Waals surface area contributed by atoms with Gasteiger partial charge in [0.15, 0.2) is 6.61 Å². The summed E-state index contributed by atoms with van der Waals surface area (Å²) in [6.07, 6.45) is 0. The molecule has 2 aromatic carbocycles. The summed E-state index contributed by atoms with van der Waals surface area (Å²) in [7, 11) is 0. The molecule has 1 heterocycles. The van der Waals surface area contributed by atoms with Crippen molar-refractivity contribution < 1.29 is 19.1 Å². The van der Waals surface area contributed by atoms with E-state index < -0.39 is 0 Å². The SMILES string of the molecule is Cc1ccc(CNC(=O)c2cccc(Cl)c2)c(OCC(=O)NCCN2CCOCC2)c1. The van der Waals surface area contributed by atoms with Gasteiger partial charge in [-0.2, -0.15) is 0 Å². The Morgan fingerprint density at radius 1 is 1.13 bits per heavy atom. The lowest BCUT2D eigenvalue weighted by Gasteiger charge is -2.26. The predicted molar refractivity (Wildman–Crippen MR) is 120 cm³/mol. The largest absolute Gasteiger partial charge is 0.483 e. The van der Waals surface area contributed by atoms with Crippen LogP contribution in [-0.2, 0) is 16.1 Å². The minimum absolute atomic E-state index is 0.0815. The van der Waals surface area contributed by atoms with Crippen molar-refractivity contribution in [2.24, 2.45) is 0 Å². The molecule has 31 heavy (non-hydrogen) atoms. The molecule has 2 aromatic rings. The lowest BCUT2D eigenvalue weighted by molar-refractivity contribution is -0.123. The van der Waals surface area contributed by atoms with E-state index in [9.17, 15) is 9.59 Å². The molecule has 0 saturated carbocycles. The zero-order chi connectivity index (χ0) is 22.1. The minimum Gasteiger partial charge on any atom is -0.483 e. The number of hydrogen-bond acceptors (Lipinski definition) is 5. The van der Waals surface area contributed by atoms with Crippen molar-refractivity contribution in [2.45, 2.75) is 13.5 Å². The molecule has 3 rings (SSSR count). The molecule has 1 aliphatic rings. The first-order chi connectivity index (χ1) is 15.0. The quantitative estimate of drug-likeness (QED) is 0.619. The maximum Gasteiger partial charge on any atom is 0.257 e. The third-order valence-electron chi connectivity index (χ3n) is 4.96. The molecular weight excluding hydrogens is 418 g/mol. The van der Waals surface area contributed by atoms with E-state index in [-0.39, 0.29) is 25.0 Å². The maximum absolute atomic E-state index is 12.4. The zero-order valence-corrected chi connectivity index (χ0v) is 18.4. The monoisotopic (exact) mass is 445 g/mol. The highest BCUT2D eigenvalue weighted by Gasteiger charge is 2.12. The van der Waals surface area contributed by atoms with Gasteiger partial charge in [0.05, 0.1) is 13.2 Å². The number of halogens is 1. The van der Waals surface area contributed by atoms with Crippen molar-refractivity contribution in [1.82, 2.24) is 15.5 Å². The van der Waals surface area contributed by atoms with Gasteiger partial charge in [-0.15, -0.1) is 0 Å². The van der Waals surface area contributed by atoms with Crippen LogP contribution in [0.3, 0.4) is 0 Å². The molecule has 2 amide bonds. The van der Waals surface area contributed by atoms with Crippen molar-refractivity contribution in [3.63, 3.8) is 0 Å². The Labute approximate surface area is 187 Å². The number of amides is 2. The van der Waals surface area contributed by atoms with Gasteiger partial charge in [-0.25, -0.2) is 0 Å². The van der Waals surface area contributed by atoms with Crippen molar-refractivity contribution in [3.05, 3.63) is 64.2 Å². The topological polar surface area (TPSA) is 79.9 Å². The number of carbonyl (C=O) groups excluding carboxylic acids is 2. The number of carbonyl (C=O) groups is 2. The van der Waals surface area contributed by atoms with Crippen LogP contribution < -0.4 is 15.4 Å². The predicted octanol–water partition coefficient (Wildman–Crippen LogP) is 2.41. The molecule has 166 valence electrons. The molecule has 0 bridgehead atoms. The minimum atomic E-state index is -0.227. The molecule has 8 heteroatoms. The molecule has 0 unspecified atom stereocenters. The summed E-state index contributed by atoms with van der Waals surface area (Å²) in [5.41, 5.74) is 2.29. The first-order valence-electron chi connectivity index (χ1n) is 10.3. The van der Waals surface area contributed by atoms with Crippen LogP contribution >= 0.6 is 11.6 Å². The molecule has 0 aliphatic carbocycles. The number of nitrogens with zero attached hydrogens (tertiary/aromatic N) is 1. The van der Waals surface area contributed by atoms with E-state index in [1.807, 2.05) is 25.1 Å². The van der Waals surface area contributed by atoms with Crippen LogP contribution in [0.1, 0.15) is 21.5 Å². The first-order valence-corrected chi connectivity index (χ1v) is 10.7. The first kappa shape index (κ1) is 23.1. The van der Waals surface area contributed by atoms with Crippen LogP contribution in [0, 0.1) is 6.92 Å². The standard InChI is InChI=1S/C23H28ClN3O4/c1-17-5-6-19(15-26-23(29)18-3-2-4-20(24)14-18)21(13-17)31-16-22(28)25-7-8-27-9-11-30-12-10-27/h2-6,13-14H,7-12,15-16H2,1H3,(H,25,28)(H,26,29). The third kappa shape index (κ3) is 7.54. The summed E-state index contributed by atoms with van der Waals surface area (Å²) in [4.78, 5) is 26.8. The summed E-state index contributed by atoms with van der Waals surface area (Å²) >= 11 is 5.95. The second-order valence-electron chi connectivity index (χ2n) is 7.40. The lowest BCUT2D eigenvalue weighted by atomic mass is 10.1. The normalized spacial score (nSPS) is 14.1. The van der Waals surface area contributed by atoms with E-state index in [1.54, 1.807) is 24.3 Å². The van der Waals surface area contributed by atoms with E-state index in [2.05, 4.69) is 15.5 Å². The fourth-order valence-electron chi connectivity index (χ4n) is 3.22. The molecule has 2 N–H and O–H groups in total. The van der Waals surface area contributed by atoms with Crippen LogP contribution in [0.4, 0.5) is 0 Å². The summed E-state index contributed by atoms with van der Waals surface area (Å²) < 4.78 is 11.1. The second-order valence-corrected chi connectivity index (χ2v) is 7.83. The van der Waals surface area contributed by atoms with Gasteiger partial charge in [-0.3, -0.25) is 14.5 Å². The molecule has 0 atom stereocenters. The maximum atomic E-state index is 12.4. The van der Waals surface area contributed by atoms with E-state index in [4.69, 9.17) is 21.1 Å². The van der Waals surface area contributed by atoms with E-state index >= 15 is 0 Å². The van der Waals surface area contributed by atoms with Gasteiger partial charge in [0.2, 0.25) is 0 Å². The van der Waals surface area contributed by atoms with Crippen LogP contribution in [0.5, 0.6) is 5.75 Å². The second kappa shape index (κ2) is 11.7. The molecule has 7 nitrogen and oxygen atoms in total. The Balaban J connectivity index is 1.48. The Hall–Kier alpha value is -2.61. The van der Waals surface area contributed by atoms with Gasteiger partial charge in [-0.1, -0.05) is 29.8 Å². The Morgan fingerprint density at radius 3 is 2.71 bits per heavy atom.